The van der Waals surface area contributed by atoms with E-state index in [0.29, 0.717) is 13.1 Å². The summed E-state index contributed by atoms with van der Waals surface area (Å²) in [7, 11) is 0. The van der Waals surface area contributed by atoms with E-state index in [4.69, 9.17) is 16.9 Å². The third kappa shape index (κ3) is 5.73. The highest BCUT2D eigenvalue weighted by Crippen LogP contribution is 2.34. The SMILES string of the molecule is C[C@@H](c1nc(NC(=O)c2ncc(C(C)(F)F)nc2N)ccc1F)C(F)(F)COC(=N)N. The number of hydrogen-bond acceptors (Lipinski definition) is 7. The molecule has 0 spiro atoms. The summed E-state index contributed by atoms with van der Waals surface area (Å²) >= 11 is 0. The van der Waals surface area contributed by atoms with Gasteiger partial charge >= 0.3 is 0 Å². The maximum Gasteiger partial charge on any atom is 0.289 e. The number of carbonyl (C=O) groups is 1. The van der Waals surface area contributed by atoms with Crippen LogP contribution in [0.25, 0.3) is 0 Å². The van der Waals surface area contributed by atoms with Gasteiger partial charge in [0.1, 0.15) is 17.3 Å². The molecular formula is C17H18F5N7O2. The number of pyridine rings is 1. The van der Waals surface area contributed by atoms with Gasteiger partial charge in [-0.3, -0.25) is 10.2 Å². The summed E-state index contributed by atoms with van der Waals surface area (Å²) in [5.41, 5.74) is 8.40. The average molecular weight is 447 g/mol. The van der Waals surface area contributed by atoms with Gasteiger partial charge in [-0.1, -0.05) is 6.92 Å². The monoisotopic (exact) mass is 447 g/mol. The van der Waals surface area contributed by atoms with E-state index < -0.39 is 65.0 Å². The molecule has 2 aromatic rings. The van der Waals surface area contributed by atoms with Crippen LogP contribution in [0, 0.1) is 11.2 Å². The molecule has 6 N–H and O–H groups in total. The van der Waals surface area contributed by atoms with Gasteiger partial charge in [0.15, 0.2) is 18.1 Å². The summed E-state index contributed by atoms with van der Waals surface area (Å²) in [5.74, 6) is -11.8. The zero-order chi connectivity index (χ0) is 23.6. The number of nitrogens with zero attached hydrogens (tertiary/aromatic N) is 3. The van der Waals surface area contributed by atoms with Gasteiger partial charge in [-0.25, -0.2) is 28.1 Å². The third-order valence-electron chi connectivity index (χ3n) is 4.04. The fourth-order valence-electron chi connectivity index (χ4n) is 2.30. The van der Waals surface area contributed by atoms with Crippen molar-refractivity contribution < 1.29 is 31.5 Å². The Kier molecular flexibility index (Phi) is 6.61. The molecule has 2 aromatic heterocycles. The lowest BCUT2D eigenvalue weighted by atomic mass is 9.99. The molecule has 0 aliphatic heterocycles. The van der Waals surface area contributed by atoms with Crippen LogP contribution in [-0.4, -0.2) is 39.4 Å². The van der Waals surface area contributed by atoms with E-state index >= 15 is 0 Å². The van der Waals surface area contributed by atoms with E-state index in [1.807, 2.05) is 0 Å². The zero-order valence-corrected chi connectivity index (χ0v) is 16.2. The van der Waals surface area contributed by atoms with Gasteiger partial charge < -0.3 is 21.5 Å². The lowest BCUT2D eigenvalue weighted by molar-refractivity contribution is -0.0659. The van der Waals surface area contributed by atoms with Gasteiger partial charge in [0, 0.05) is 6.92 Å². The second-order valence-corrected chi connectivity index (χ2v) is 6.53. The van der Waals surface area contributed by atoms with Gasteiger partial charge in [0.05, 0.1) is 17.8 Å². The van der Waals surface area contributed by atoms with E-state index in [1.54, 1.807) is 0 Å². The molecule has 0 saturated carbocycles. The molecule has 0 aliphatic carbocycles. The second kappa shape index (κ2) is 8.65. The lowest BCUT2D eigenvalue weighted by Gasteiger charge is -2.23. The van der Waals surface area contributed by atoms with Crippen LogP contribution in [-0.2, 0) is 10.7 Å². The van der Waals surface area contributed by atoms with Gasteiger partial charge in [-0.05, 0) is 12.1 Å². The molecule has 31 heavy (non-hydrogen) atoms. The van der Waals surface area contributed by atoms with Crippen molar-refractivity contribution in [2.45, 2.75) is 31.6 Å². The molecule has 0 bridgehead atoms. The Hall–Kier alpha value is -3.58. The van der Waals surface area contributed by atoms with Gasteiger partial charge in [0.2, 0.25) is 0 Å². The molecule has 0 aliphatic rings. The summed E-state index contributed by atoms with van der Waals surface area (Å²) in [6.45, 7) is 0.244. The number of nitrogen functional groups attached to an aromatic ring is 1. The first kappa shape index (κ1) is 23.7. The molecule has 168 valence electrons. The predicted molar refractivity (Wildman–Crippen MR) is 99.4 cm³/mol. The number of nitrogens with one attached hydrogen (secondary N) is 2. The molecule has 0 unspecified atom stereocenters. The van der Waals surface area contributed by atoms with Crippen molar-refractivity contribution in [2.24, 2.45) is 5.73 Å². The fourth-order valence-corrected chi connectivity index (χ4v) is 2.30. The van der Waals surface area contributed by atoms with Crippen molar-refractivity contribution in [3.63, 3.8) is 0 Å². The Balaban J connectivity index is 2.26. The Morgan fingerprint density at radius 2 is 1.94 bits per heavy atom. The predicted octanol–water partition coefficient (Wildman–Crippen LogP) is 2.61. The summed E-state index contributed by atoms with van der Waals surface area (Å²) in [5, 5.41) is 9.01. The maximum absolute atomic E-state index is 14.2. The fraction of sp³-hybridized carbons (Fsp3) is 0.353. The number of rotatable bonds is 7. The number of aromatic nitrogens is 3. The van der Waals surface area contributed by atoms with E-state index in [9.17, 15) is 26.7 Å². The van der Waals surface area contributed by atoms with E-state index in [1.165, 1.54) is 0 Å². The average Bonchev–Trinajstić information content (AvgIpc) is 2.66. The molecule has 0 fully saturated rings. The number of halogens is 5. The topological polar surface area (TPSA) is 153 Å². The first-order valence-corrected chi connectivity index (χ1v) is 8.55. The van der Waals surface area contributed by atoms with Gasteiger partial charge in [-0.15, -0.1) is 0 Å². The molecule has 2 heterocycles. The van der Waals surface area contributed by atoms with E-state index in [0.717, 1.165) is 19.1 Å². The molecule has 0 aromatic carbocycles. The van der Waals surface area contributed by atoms with Crippen LogP contribution >= 0.6 is 0 Å². The minimum Gasteiger partial charge on any atom is -0.459 e. The molecular weight excluding hydrogens is 429 g/mol. The van der Waals surface area contributed by atoms with Crippen LogP contribution in [0.15, 0.2) is 18.3 Å². The van der Waals surface area contributed by atoms with Crippen LogP contribution in [0.2, 0.25) is 0 Å². The van der Waals surface area contributed by atoms with Gasteiger partial charge in [0.25, 0.3) is 23.8 Å². The molecule has 14 heteroatoms. The summed E-state index contributed by atoms with van der Waals surface area (Å²) < 4.78 is 73.4. The highest BCUT2D eigenvalue weighted by molar-refractivity contribution is 6.05. The highest BCUT2D eigenvalue weighted by atomic mass is 19.3. The van der Waals surface area contributed by atoms with E-state index in [2.05, 4.69) is 25.0 Å². The molecule has 9 nitrogen and oxygen atoms in total. The normalized spacial score (nSPS) is 12.9. The summed E-state index contributed by atoms with van der Waals surface area (Å²) in [6.07, 6.45) is 0.659. The Bertz CT molecular complexity index is 997. The molecule has 0 radical (unpaired) electrons. The minimum atomic E-state index is -3.65. The zero-order valence-electron chi connectivity index (χ0n) is 16.2. The Morgan fingerprint density at radius 1 is 1.29 bits per heavy atom. The number of anilines is 2. The van der Waals surface area contributed by atoms with Crippen LogP contribution < -0.4 is 16.8 Å². The first-order chi connectivity index (χ1) is 14.2. The largest absolute Gasteiger partial charge is 0.459 e. The number of alkyl halides is 4. The van der Waals surface area contributed by atoms with Crippen molar-refractivity contribution in [3.8, 4) is 0 Å². The van der Waals surface area contributed by atoms with Crippen LogP contribution in [0.1, 0.15) is 41.6 Å². The van der Waals surface area contributed by atoms with Crippen molar-refractivity contribution in [1.29, 1.82) is 5.41 Å². The summed E-state index contributed by atoms with van der Waals surface area (Å²) in [6, 6.07) is 0.852. The van der Waals surface area contributed by atoms with Crippen LogP contribution in [0.5, 0.6) is 0 Å². The molecule has 2 rings (SSSR count). The number of ether oxygens (including phenoxy) is 1. The number of carbonyl (C=O) groups excluding carboxylic acids is 1. The number of amides is 1. The van der Waals surface area contributed by atoms with Gasteiger partial charge in [-0.2, -0.15) is 8.78 Å². The Morgan fingerprint density at radius 3 is 2.48 bits per heavy atom. The number of amidine groups is 1. The molecule has 1 atom stereocenters. The first-order valence-electron chi connectivity index (χ1n) is 8.55. The minimum absolute atomic E-state index is 0.331. The second-order valence-electron chi connectivity index (χ2n) is 6.53. The molecule has 1 amide bonds. The Labute approximate surface area is 172 Å². The number of hydrogen-bond donors (Lipinski definition) is 4. The maximum atomic E-state index is 14.2. The third-order valence-corrected chi connectivity index (χ3v) is 4.04. The van der Waals surface area contributed by atoms with Crippen LogP contribution in [0.3, 0.4) is 0 Å². The highest BCUT2D eigenvalue weighted by Gasteiger charge is 2.41. The standard InChI is InChI=1S/C17H18F5N7O2/c1-7(17(21,22)6-31-15(24)25)11-8(18)3-4-10(28-11)29-14(30)12-13(23)27-9(5-26-12)16(2,19)20/h3-5,7H,6H2,1-2H3,(H2,23,27)(H3,24,25)(H,28,29,30)/t7-/m0/s1. The van der Waals surface area contributed by atoms with Crippen LogP contribution in [0.4, 0.5) is 33.6 Å². The summed E-state index contributed by atoms with van der Waals surface area (Å²) in [4.78, 5) is 23.0. The van der Waals surface area contributed by atoms with Crippen molar-refractivity contribution in [1.82, 2.24) is 15.0 Å². The molecule has 0 saturated heterocycles. The van der Waals surface area contributed by atoms with Crippen molar-refractivity contribution in [3.05, 3.63) is 41.2 Å². The van der Waals surface area contributed by atoms with Crippen molar-refractivity contribution in [2.75, 3.05) is 17.7 Å². The lowest BCUT2D eigenvalue weighted by Crippen LogP contribution is -2.34. The van der Waals surface area contributed by atoms with E-state index in [-0.39, 0.29) is 5.82 Å². The van der Waals surface area contributed by atoms with Crippen molar-refractivity contribution >= 4 is 23.6 Å². The smallest absolute Gasteiger partial charge is 0.289 e. The number of nitrogens with two attached hydrogens (primary N) is 2. The quantitative estimate of drug-likeness (QED) is 0.289.